The summed E-state index contributed by atoms with van der Waals surface area (Å²) >= 11 is 0. The van der Waals surface area contributed by atoms with Gasteiger partial charge in [-0.3, -0.25) is 10.1 Å². The van der Waals surface area contributed by atoms with Crippen molar-refractivity contribution in [3.63, 3.8) is 0 Å². The molecule has 0 amide bonds. The van der Waals surface area contributed by atoms with E-state index < -0.39 is 5.97 Å². The van der Waals surface area contributed by atoms with Gasteiger partial charge < -0.3 is 5.11 Å². The van der Waals surface area contributed by atoms with Gasteiger partial charge in [0.1, 0.15) is 6.04 Å². The number of carboxylic acid groups (broad SMARTS) is 1. The molecule has 0 aromatic heterocycles. The minimum Gasteiger partial charge on any atom is -0.480 e. The molecule has 0 unspecified atom stereocenters. The van der Waals surface area contributed by atoms with E-state index in [1.165, 1.54) is 12.8 Å². The van der Waals surface area contributed by atoms with E-state index in [-0.39, 0.29) is 24.9 Å². The molecule has 0 aromatic carbocycles. The molecule has 0 spiro atoms. The topological polar surface area (TPSA) is 59.2 Å². The second-order valence-electron chi connectivity index (χ2n) is 2.85. The standard InChI is InChI=1S/C6H9NO2.Li/c8-6(9)5-4(7-5)3-1-2-3;/h3-5,7H,1-2H2,(H,8,9);/t4-,5-;/m1./s1. The molecule has 0 bridgehead atoms. The van der Waals surface area contributed by atoms with Gasteiger partial charge in [0.25, 0.3) is 0 Å². The summed E-state index contributed by atoms with van der Waals surface area (Å²) < 4.78 is 0. The molecule has 2 fully saturated rings. The molecule has 0 aromatic rings. The van der Waals surface area contributed by atoms with Crippen LogP contribution >= 0.6 is 0 Å². The summed E-state index contributed by atoms with van der Waals surface area (Å²) in [5, 5.41) is 11.4. The Morgan fingerprint density at radius 1 is 1.50 bits per heavy atom. The maximum Gasteiger partial charge on any atom is 0.322 e. The van der Waals surface area contributed by atoms with Crippen molar-refractivity contribution in [3.8, 4) is 0 Å². The van der Waals surface area contributed by atoms with Crippen LogP contribution in [-0.2, 0) is 4.79 Å². The van der Waals surface area contributed by atoms with E-state index in [1.807, 2.05) is 0 Å². The molecule has 2 N–H and O–H groups in total. The number of carboxylic acids is 1. The summed E-state index contributed by atoms with van der Waals surface area (Å²) in [5.41, 5.74) is 0. The van der Waals surface area contributed by atoms with Gasteiger partial charge in [-0.1, -0.05) is 0 Å². The maximum atomic E-state index is 10.2. The van der Waals surface area contributed by atoms with Gasteiger partial charge in [0.2, 0.25) is 0 Å². The monoisotopic (exact) mass is 134 g/mol. The first-order chi connectivity index (χ1) is 4.29. The van der Waals surface area contributed by atoms with Crippen LogP contribution in [0.5, 0.6) is 0 Å². The van der Waals surface area contributed by atoms with Gasteiger partial charge in [0.05, 0.1) is 0 Å². The minimum absolute atomic E-state index is 0. The van der Waals surface area contributed by atoms with Gasteiger partial charge in [0.15, 0.2) is 0 Å². The molecule has 10 heavy (non-hydrogen) atoms. The SMILES string of the molecule is O=C(O)[C@@H]1N[C@@H]1C1CC1.[Li]. The number of nitrogens with one attached hydrogen (secondary N) is 1. The fraction of sp³-hybridized carbons (Fsp3) is 0.833. The van der Waals surface area contributed by atoms with Gasteiger partial charge in [-0.05, 0) is 18.8 Å². The third kappa shape index (κ3) is 1.37. The predicted molar refractivity (Wildman–Crippen MR) is 36.8 cm³/mol. The summed E-state index contributed by atoms with van der Waals surface area (Å²) in [6.45, 7) is 0. The molecular formula is C6H9LiNO2. The van der Waals surface area contributed by atoms with Crippen molar-refractivity contribution in [1.82, 2.24) is 5.32 Å². The number of aliphatic carboxylic acids is 1. The maximum absolute atomic E-state index is 10.2. The van der Waals surface area contributed by atoms with Gasteiger partial charge in [-0.2, -0.15) is 0 Å². The molecule has 1 saturated heterocycles. The van der Waals surface area contributed by atoms with E-state index in [0.29, 0.717) is 12.0 Å². The summed E-state index contributed by atoms with van der Waals surface area (Å²) in [6, 6.07) is 0.111. The first-order valence-electron chi connectivity index (χ1n) is 3.28. The number of hydrogen-bond acceptors (Lipinski definition) is 2. The number of carbonyl (C=O) groups is 1. The van der Waals surface area contributed by atoms with E-state index >= 15 is 0 Å². The first-order valence-corrected chi connectivity index (χ1v) is 3.28. The van der Waals surface area contributed by atoms with E-state index in [9.17, 15) is 4.79 Å². The van der Waals surface area contributed by atoms with Gasteiger partial charge in [-0.15, -0.1) is 0 Å². The molecule has 3 nitrogen and oxygen atoms in total. The fourth-order valence-electron chi connectivity index (χ4n) is 1.24. The van der Waals surface area contributed by atoms with Crippen LogP contribution < -0.4 is 5.32 Å². The normalized spacial score (nSPS) is 36.4. The third-order valence-electron chi connectivity index (χ3n) is 2.02. The van der Waals surface area contributed by atoms with Crippen molar-refractivity contribution in [2.45, 2.75) is 24.9 Å². The number of hydrogen-bond donors (Lipinski definition) is 2. The van der Waals surface area contributed by atoms with Crippen molar-refractivity contribution in [2.24, 2.45) is 5.92 Å². The van der Waals surface area contributed by atoms with Crippen molar-refractivity contribution in [3.05, 3.63) is 0 Å². The van der Waals surface area contributed by atoms with E-state index in [4.69, 9.17) is 5.11 Å². The summed E-state index contributed by atoms with van der Waals surface area (Å²) in [5.74, 6) is -0.00185. The largest absolute Gasteiger partial charge is 0.480 e. The minimum atomic E-state index is -0.688. The summed E-state index contributed by atoms with van der Waals surface area (Å²) in [4.78, 5) is 10.2. The smallest absolute Gasteiger partial charge is 0.322 e. The Morgan fingerprint density at radius 2 is 2.10 bits per heavy atom. The zero-order valence-electron chi connectivity index (χ0n) is 6.00. The van der Waals surface area contributed by atoms with Crippen molar-refractivity contribution < 1.29 is 9.90 Å². The van der Waals surface area contributed by atoms with Crippen molar-refractivity contribution in [2.75, 3.05) is 0 Å². The Bertz CT molecular complexity index is 158. The zero-order chi connectivity index (χ0) is 6.43. The van der Waals surface area contributed by atoms with Crippen LogP contribution in [0.3, 0.4) is 0 Å². The van der Waals surface area contributed by atoms with E-state index in [2.05, 4.69) is 5.32 Å². The van der Waals surface area contributed by atoms with Crippen LogP contribution in [0.25, 0.3) is 0 Å². The zero-order valence-corrected chi connectivity index (χ0v) is 6.00. The van der Waals surface area contributed by atoms with Gasteiger partial charge in [-0.25, -0.2) is 0 Å². The van der Waals surface area contributed by atoms with Crippen LogP contribution in [-0.4, -0.2) is 42.0 Å². The molecule has 1 aliphatic heterocycles. The average molecular weight is 134 g/mol. The molecule has 2 rings (SSSR count). The second-order valence-corrected chi connectivity index (χ2v) is 2.85. The quantitative estimate of drug-likeness (QED) is 0.393. The van der Waals surface area contributed by atoms with Crippen molar-refractivity contribution >= 4 is 24.8 Å². The molecule has 2 atom stereocenters. The Hall–Kier alpha value is 0.0274. The van der Waals surface area contributed by atoms with Crippen LogP contribution in [0, 0.1) is 5.92 Å². The van der Waals surface area contributed by atoms with Gasteiger partial charge in [0, 0.05) is 24.9 Å². The van der Waals surface area contributed by atoms with E-state index in [0.717, 1.165) is 0 Å². The average Bonchev–Trinajstić information content (AvgIpc) is 2.60. The molecular weight excluding hydrogens is 125 g/mol. The summed E-state index contributed by atoms with van der Waals surface area (Å²) in [6.07, 6.45) is 2.45. The Labute approximate surface area is 71.4 Å². The summed E-state index contributed by atoms with van der Waals surface area (Å²) in [7, 11) is 0. The molecule has 2 aliphatic rings. The molecule has 1 heterocycles. The molecule has 4 heteroatoms. The fourth-order valence-corrected chi connectivity index (χ4v) is 1.24. The molecule has 1 saturated carbocycles. The molecule has 1 radical (unpaired) electrons. The van der Waals surface area contributed by atoms with Crippen LogP contribution in [0.1, 0.15) is 12.8 Å². The van der Waals surface area contributed by atoms with Crippen LogP contribution in [0.4, 0.5) is 0 Å². The van der Waals surface area contributed by atoms with Crippen molar-refractivity contribution in [1.29, 1.82) is 0 Å². The second kappa shape index (κ2) is 2.58. The van der Waals surface area contributed by atoms with Gasteiger partial charge >= 0.3 is 5.97 Å². The van der Waals surface area contributed by atoms with Crippen LogP contribution in [0.2, 0.25) is 0 Å². The predicted octanol–water partition coefficient (Wildman–Crippen LogP) is -0.559. The molecule has 51 valence electrons. The Morgan fingerprint density at radius 3 is 2.40 bits per heavy atom. The third-order valence-corrected chi connectivity index (χ3v) is 2.02. The van der Waals surface area contributed by atoms with Crippen LogP contribution in [0.15, 0.2) is 0 Å². The molecule has 1 aliphatic carbocycles. The Balaban J connectivity index is 0.000000500. The van der Waals surface area contributed by atoms with E-state index in [1.54, 1.807) is 0 Å². The number of rotatable bonds is 2. The Kier molecular flexibility index (Phi) is 2.09. The first kappa shape index (κ1) is 8.13.